The summed E-state index contributed by atoms with van der Waals surface area (Å²) >= 11 is 3.33. The monoisotopic (exact) mass is 542 g/mol. The molecule has 2 aliphatic heterocycles. The predicted molar refractivity (Wildman–Crippen MR) is 127 cm³/mol. The first-order chi connectivity index (χ1) is 16.3. The Bertz CT molecular complexity index is 1360. The van der Waals surface area contributed by atoms with Gasteiger partial charge in [-0.05, 0) is 54.1 Å². The summed E-state index contributed by atoms with van der Waals surface area (Å²) in [6, 6.07) is 18.5. The molecule has 0 N–H and O–H groups in total. The van der Waals surface area contributed by atoms with Crippen molar-refractivity contribution in [1.82, 2.24) is 4.31 Å². The molecule has 0 radical (unpaired) electrons. The van der Waals surface area contributed by atoms with E-state index in [4.69, 9.17) is 9.47 Å². The van der Waals surface area contributed by atoms with Crippen LogP contribution in [0.1, 0.15) is 12.0 Å². The number of rotatable bonds is 6. The molecule has 0 bridgehead atoms. The van der Waals surface area contributed by atoms with E-state index in [0.29, 0.717) is 22.7 Å². The number of ether oxygens (including phenoxy) is 2. The molecule has 10 heteroatoms. The number of halogens is 1. The second-order valence-electron chi connectivity index (χ2n) is 7.81. The largest absolute Gasteiger partial charge is 0.454 e. The van der Waals surface area contributed by atoms with Crippen molar-refractivity contribution >= 4 is 43.5 Å². The molecule has 2 amide bonds. The Labute approximate surface area is 204 Å². The van der Waals surface area contributed by atoms with Crippen LogP contribution in [0.5, 0.6) is 11.5 Å². The fraction of sp³-hybridized carbons (Fsp3) is 0.167. The number of carbonyl (C=O) groups is 2. The third-order valence-electron chi connectivity index (χ3n) is 5.68. The fourth-order valence-corrected chi connectivity index (χ4v) is 5.87. The maximum atomic E-state index is 13.7. The molecule has 0 saturated carbocycles. The summed E-state index contributed by atoms with van der Waals surface area (Å²) in [7, 11) is -4.11. The summed E-state index contributed by atoms with van der Waals surface area (Å²) in [6.07, 6.45) is -0.258. The van der Waals surface area contributed by atoms with E-state index in [1.165, 1.54) is 12.1 Å². The number of nitrogens with zero attached hydrogens (tertiary/aromatic N) is 2. The minimum atomic E-state index is -4.11. The first-order valence-corrected chi connectivity index (χ1v) is 12.7. The van der Waals surface area contributed by atoms with E-state index in [1.54, 1.807) is 60.7 Å². The Morgan fingerprint density at radius 3 is 2.38 bits per heavy atom. The first-order valence-electron chi connectivity index (χ1n) is 10.4. The Morgan fingerprint density at radius 2 is 1.65 bits per heavy atom. The number of carbonyl (C=O) groups excluding carboxylic acids is 2. The van der Waals surface area contributed by atoms with Gasteiger partial charge in [-0.25, -0.2) is 13.3 Å². The summed E-state index contributed by atoms with van der Waals surface area (Å²) in [5.41, 5.74) is 0.993. The van der Waals surface area contributed by atoms with Gasteiger partial charge in [0.25, 0.3) is 5.91 Å². The van der Waals surface area contributed by atoms with Crippen LogP contribution >= 0.6 is 15.9 Å². The number of hydrogen-bond donors (Lipinski definition) is 0. The van der Waals surface area contributed by atoms with E-state index < -0.39 is 27.9 Å². The van der Waals surface area contributed by atoms with Gasteiger partial charge in [0.2, 0.25) is 22.7 Å². The Morgan fingerprint density at radius 1 is 0.941 bits per heavy atom. The lowest BCUT2D eigenvalue weighted by Crippen LogP contribution is -2.45. The van der Waals surface area contributed by atoms with E-state index in [0.717, 1.165) is 13.7 Å². The van der Waals surface area contributed by atoms with E-state index in [1.807, 2.05) is 0 Å². The summed E-state index contributed by atoms with van der Waals surface area (Å²) in [5, 5.41) is 0. The quantitative estimate of drug-likeness (QED) is 0.441. The number of fused-ring (bicyclic) bond motifs is 1. The molecule has 3 aromatic carbocycles. The lowest BCUT2D eigenvalue weighted by atomic mass is 10.1. The maximum absolute atomic E-state index is 13.7. The average Bonchev–Trinajstić information content (AvgIpc) is 3.42. The summed E-state index contributed by atoms with van der Waals surface area (Å²) in [6.45, 7) is -0.0334. The molecule has 8 nitrogen and oxygen atoms in total. The molecular weight excluding hydrogens is 524 g/mol. The topological polar surface area (TPSA) is 93.2 Å². The van der Waals surface area contributed by atoms with Gasteiger partial charge in [0.1, 0.15) is 6.04 Å². The second-order valence-corrected chi connectivity index (χ2v) is 10.6. The van der Waals surface area contributed by atoms with E-state index in [-0.39, 0.29) is 24.7 Å². The zero-order valence-corrected chi connectivity index (χ0v) is 20.2. The molecule has 34 heavy (non-hydrogen) atoms. The van der Waals surface area contributed by atoms with Gasteiger partial charge < -0.3 is 9.47 Å². The minimum Gasteiger partial charge on any atom is -0.454 e. The van der Waals surface area contributed by atoms with Crippen LogP contribution in [0.2, 0.25) is 0 Å². The Kier molecular flexibility index (Phi) is 5.88. The molecule has 1 fully saturated rings. The maximum Gasteiger partial charge on any atom is 0.252 e. The van der Waals surface area contributed by atoms with Gasteiger partial charge >= 0.3 is 0 Å². The number of sulfonamides is 1. The van der Waals surface area contributed by atoms with Crippen LogP contribution in [0.15, 0.2) is 82.2 Å². The number of hydrogen-bond acceptors (Lipinski definition) is 6. The van der Waals surface area contributed by atoms with Crippen LogP contribution in [0.4, 0.5) is 5.69 Å². The smallest absolute Gasteiger partial charge is 0.252 e. The molecule has 0 aromatic heterocycles. The molecular formula is C24H19BrN2O6S. The van der Waals surface area contributed by atoms with Crippen LogP contribution in [-0.2, 0) is 26.2 Å². The highest BCUT2D eigenvalue weighted by Gasteiger charge is 2.47. The van der Waals surface area contributed by atoms with Crippen molar-refractivity contribution in [3.8, 4) is 11.5 Å². The van der Waals surface area contributed by atoms with Crippen molar-refractivity contribution < 1.29 is 27.5 Å². The average molecular weight is 543 g/mol. The second kappa shape index (κ2) is 8.86. The minimum absolute atomic E-state index is 0.0399. The van der Waals surface area contributed by atoms with Gasteiger partial charge in [-0.1, -0.05) is 40.2 Å². The number of amides is 2. The van der Waals surface area contributed by atoms with Crippen LogP contribution in [-0.4, -0.2) is 37.4 Å². The molecule has 3 aromatic rings. The number of imide groups is 1. The highest BCUT2D eigenvalue weighted by atomic mass is 79.9. The van der Waals surface area contributed by atoms with Crippen molar-refractivity contribution in [1.29, 1.82) is 0 Å². The van der Waals surface area contributed by atoms with Gasteiger partial charge in [-0.2, -0.15) is 4.31 Å². The van der Waals surface area contributed by atoms with Crippen molar-refractivity contribution in [2.45, 2.75) is 23.9 Å². The highest BCUT2D eigenvalue weighted by molar-refractivity contribution is 9.10. The molecule has 2 heterocycles. The predicted octanol–water partition coefficient (Wildman–Crippen LogP) is 3.70. The standard InChI is InChI=1S/C24H19BrN2O6S/c25-17-7-9-18(10-8-17)27-23(28)13-20(24(27)29)26(34(30,31)19-4-2-1-3-5-19)14-16-6-11-21-22(12-16)33-15-32-21/h1-12,20H,13-15H2. The molecule has 0 spiro atoms. The molecule has 5 rings (SSSR count). The highest BCUT2D eigenvalue weighted by Crippen LogP contribution is 2.35. The molecule has 2 aliphatic rings. The lowest BCUT2D eigenvalue weighted by Gasteiger charge is -2.27. The van der Waals surface area contributed by atoms with Crippen molar-refractivity contribution in [2.75, 3.05) is 11.7 Å². The molecule has 174 valence electrons. The summed E-state index contributed by atoms with van der Waals surface area (Å²) in [5.74, 6) is 0.0125. The third-order valence-corrected chi connectivity index (χ3v) is 8.08. The number of benzene rings is 3. The van der Waals surface area contributed by atoms with Crippen molar-refractivity contribution in [3.63, 3.8) is 0 Å². The normalized spacial score (nSPS) is 17.6. The van der Waals surface area contributed by atoms with E-state index in [9.17, 15) is 18.0 Å². The van der Waals surface area contributed by atoms with Crippen LogP contribution < -0.4 is 14.4 Å². The summed E-state index contributed by atoms with van der Waals surface area (Å²) < 4.78 is 40.0. The Hall–Kier alpha value is -3.21. The molecule has 1 atom stereocenters. The summed E-state index contributed by atoms with van der Waals surface area (Å²) in [4.78, 5) is 27.4. The van der Waals surface area contributed by atoms with Gasteiger partial charge in [-0.3, -0.25) is 9.59 Å². The van der Waals surface area contributed by atoms with Crippen molar-refractivity contribution in [2.24, 2.45) is 0 Å². The van der Waals surface area contributed by atoms with Crippen molar-refractivity contribution in [3.05, 3.63) is 82.8 Å². The zero-order chi connectivity index (χ0) is 23.9. The van der Waals surface area contributed by atoms with Gasteiger partial charge in [-0.15, -0.1) is 0 Å². The lowest BCUT2D eigenvalue weighted by molar-refractivity contribution is -0.122. The van der Waals surface area contributed by atoms with E-state index >= 15 is 0 Å². The van der Waals surface area contributed by atoms with Crippen LogP contribution in [0, 0.1) is 0 Å². The fourth-order valence-electron chi connectivity index (χ4n) is 4.01. The molecule has 1 unspecified atom stereocenters. The van der Waals surface area contributed by atoms with Crippen LogP contribution in [0.25, 0.3) is 0 Å². The van der Waals surface area contributed by atoms with Gasteiger partial charge in [0.15, 0.2) is 11.5 Å². The third kappa shape index (κ3) is 4.08. The SMILES string of the molecule is O=C1CC(N(Cc2ccc3c(c2)OCO3)S(=O)(=O)c2ccccc2)C(=O)N1c1ccc(Br)cc1. The van der Waals surface area contributed by atoms with E-state index in [2.05, 4.69) is 15.9 Å². The number of anilines is 1. The van der Waals surface area contributed by atoms with Gasteiger partial charge in [0, 0.05) is 11.0 Å². The molecule has 1 saturated heterocycles. The Balaban J connectivity index is 1.53. The van der Waals surface area contributed by atoms with Crippen LogP contribution in [0.3, 0.4) is 0 Å². The van der Waals surface area contributed by atoms with Gasteiger partial charge in [0.05, 0.1) is 17.0 Å². The zero-order valence-electron chi connectivity index (χ0n) is 17.8. The molecule has 0 aliphatic carbocycles. The first kappa shape index (κ1) is 22.6.